The summed E-state index contributed by atoms with van der Waals surface area (Å²) in [6.07, 6.45) is 2.80. The van der Waals surface area contributed by atoms with Crippen LogP contribution in [0.5, 0.6) is 0 Å². The molecule has 1 fully saturated rings. The average molecular weight is 573 g/mol. The number of benzene rings is 1. The Labute approximate surface area is 214 Å². The molecule has 1 saturated heterocycles. The third-order valence-electron chi connectivity index (χ3n) is 5.52. The van der Waals surface area contributed by atoms with Gasteiger partial charge in [0.05, 0.1) is 11.9 Å². The first-order valence-corrected chi connectivity index (χ1v) is 11.6. The summed E-state index contributed by atoms with van der Waals surface area (Å²) in [6, 6.07) is 7.02. The van der Waals surface area contributed by atoms with Crippen molar-refractivity contribution in [2.75, 3.05) is 50.7 Å². The summed E-state index contributed by atoms with van der Waals surface area (Å²) in [5.41, 5.74) is 0.652. The smallest absolute Gasteiger partial charge is 0.216 e. The monoisotopic (exact) mass is 572 g/mol. The number of nitrogens with zero attached hydrogens (tertiary/aromatic N) is 4. The minimum absolute atomic E-state index is 0. The Balaban J connectivity index is 0.00000385. The molecule has 9 heteroatoms. The predicted molar refractivity (Wildman–Crippen MR) is 143 cm³/mol. The second-order valence-corrected chi connectivity index (χ2v) is 9.12. The van der Waals surface area contributed by atoms with E-state index in [1.54, 1.807) is 12.3 Å². The molecule has 1 aromatic carbocycles. The highest BCUT2D eigenvalue weighted by Gasteiger charge is 2.20. The highest BCUT2D eigenvalue weighted by molar-refractivity contribution is 14.0. The lowest BCUT2D eigenvalue weighted by Crippen LogP contribution is -2.47. The first kappa shape index (κ1) is 27.4. The van der Waals surface area contributed by atoms with Crippen molar-refractivity contribution in [3.05, 3.63) is 47.9 Å². The van der Waals surface area contributed by atoms with Gasteiger partial charge >= 0.3 is 0 Å². The number of rotatable bonds is 8. The van der Waals surface area contributed by atoms with Crippen molar-refractivity contribution in [2.24, 2.45) is 4.99 Å². The largest absolute Gasteiger partial charge is 0.443 e. The van der Waals surface area contributed by atoms with Crippen LogP contribution in [-0.2, 0) is 12.0 Å². The zero-order valence-electron chi connectivity index (χ0n) is 20.2. The molecule has 0 saturated carbocycles. The zero-order valence-corrected chi connectivity index (χ0v) is 22.6. The minimum Gasteiger partial charge on any atom is -0.443 e. The van der Waals surface area contributed by atoms with Gasteiger partial charge in [-0.1, -0.05) is 32.9 Å². The van der Waals surface area contributed by atoms with E-state index >= 15 is 0 Å². The summed E-state index contributed by atoms with van der Waals surface area (Å²) in [7, 11) is 0. The van der Waals surface area contributed by atoms with Gasteiger partial charge in [-0.2, -0.15) is 0 Å². The van der Waals surface area contributed by atoms with Crippen molar-refractivity contribution in [3.63, 3.8) is 0 Å². The highest BCUT2D eigenvalue weighted by Crippen LogP contribution is 2.23. The Kier molecular flexibility index (Phi) is 10.9. The van der Waals surface area contributed by atoms with Gasteiger partial charge in [-0.3, -0.25) is 4.90 Å². The number of halogens is 2. The number of hydrogen-bond acceptors (Lipinski definition) is 5. The highest BCUT2D eigenvalue weighted by atomic mass is 127. The Morgan fingerprint density at radius 3 is 2.52 bits per heavy atom. The normalized spacial score (nSPS) is 15.3. The van der Waals surface area contributed by atoms with E-state index in [1.807, 2.05) is 12.1 Å². The quantitative estimate of drug-likeness (QED) is 0.216. The van der Waals surface area contributed by atoms with Gasteiger partial charge in [-0.25, -0.2) is 14.4 Å². The number of hydrogen-bond donors (Lipinski definition) is 2. The summed E-state index contributed by atoms with van der Waals surface area (Å²) < 4.78 is 19.8. The van der Waals surface area contributed by atoms with Crippen LogP contribution in [0.4, 0.5) is 10.1 Å². The number of piperazine rings is 1. The Morgan fingerprint density at radius 1 is 1.15 bits per heavy atom. The molecule has 1 aliphatic rings. The van der Waals surface area contributed by atoms with Crippen molar-refractivity contribution in [3.8, 4) is 0 Å². The third-order valence-corrected chi connectivity index (χ3v) is 5.52. The van der Waals surface area contributed by atoms with Crippen molar-refractivity contribution in [1.82, 2.24) is 20.5 Å². The molecule has 184 valence electrons. The SMILES string of the molecule is CCNC(=NCc1ncc(C(C)(C)C)o1)NCCCN1CCN(c2ccccc2F)CC1.I. The molecule has 0 spiro atoms. The number of anilines is 1. The molecule has 0 aliphatic carbocycles. The third kappa shape index (κ3) is 8.44. The molecular formula is C24H38FIN6O. The van der Waals surface area contributed by atoms with Gasteiger partial charge in [-0.15, -0.1) is 24.0 Å². The maximum Gasteiger partial charge on any atom is 0.216 e. The molecule has 2 N–H and O–H groups in total. The number of aliphatic imine (C=N–C) groups is 1. The van der Waals surface area contributed by atoms with Crippen LogP contribution in [0.25, 0.3) is 0 Å². The molecule has 0 bridgehead atoms. The fourth-order valence-electron chi connectivity index (χ4n) is 3.65. The number of nitrogens with one attached hydrogen (secondary N) is 2. The van der Waals surface area contributed by atoms with Gasteiger partial charge < -0.3 is 20.0 Å². The molecule has 0 amide bonds. The molecule has 33 heavy (non-hydrogen) atoms. The van der Waals surface area contributed by atoms with Crippen molar-refractivity contribution in [1.29, 1.82) is 0 Å². The predicted octanol–water partition coefficient (Wildman–Crippen LogP) is 4.00. The molecular weight excluding hydrogens is 534 g/mol. The van der Waals surface area contributed by atoms with Crippen LogP contribution >= 0.6 is 24.0 Å². The van der Waals surface area contributed by atoms with Crippen molar-refractivity contribution < 1.29 is 8.81 Å². The van der Waals surface area contributed by atoms with Crippen LogP contribution in [0, 0.1) is 5.82 Å². The van der Waals surface area contributed by atoms with Crippen molar-refractivity contribution >= 4 is 35.6 Å². The van der Waals surface area contributed by atoms with Crippen LogP contribution in [0.3, 0.4) is 0 Å². The number of aromatic nitrogens is 1. The van der Waals surface area contributed by atoms with E-state index in [0.717, 1.165) is 64.0 Å². The number of para-hydroxylation sites is 1. The average Bonchev–Trinajstić information content (AvgIpc) is 3.26. The second-order valence-electron chi connectivity index (χ2n) is 9.12. The van der Waals surface area contributed by atoms with E-state index in [1.165, 1.54) is 6.07 Å². The van der Waals surface area contributed by atoms with Crippen LogP contribution in [0.2, 0.25) is 0 Å². The van der Waals surface area contributed by atoms with Crippen LogP contribution in [0.15, 0.2) is 39.9 Å². The minimum atomic E-state index is -0.139. The second kappa shape index (κ2) is 13.1. The van der Waals surface area contributed by atoms with Crippen LogP contribution in [0.1, 0.15) is 45.8 Å². The molecule has 0 radical (unpaired) electrons. The molecule has 0 atom stereocenters. The summed E-state index contributed by atoms with van der Waals surface area (Å²) in [4.78, 5) is 13.5. The maximum absolute atomic E-state index is 14.0. The van der Waals surface area contributed by atoms with Gasteiger partial charge in [0.2, 0.25) is 5.89 Å². The number of guanidine groups is 1. The fourth-order valence-corrected chi connectivity index (χ4v) is 3.65. The topological polar surface area (TPSA) is 68.9 Å². The first-order valence-electron chi connectivity index (χ1n) is 11.6. The summed E-state index contributed by atoms with van der Waals surface area (Å²) in [6.45, 7) is 15.0. The lowest BCUT2D eigenvalue weighted by atomic mass is 9.94. The van der Waals surface area contributed by atoms with Crippen LogP contribution < -0.4 is 15.5 Å². The van der Waals surface area contributed by atoms with E-state index in [2.05, 4.69) is 58.1 Å². The van der Waals surface area contributed by atoms with E-state index in [-0.39, 0.29) is 35.2 Å². The molecule has 1 aliphatic heterocycles. The molecule has 3 rings (SSSR count). The summed E-state index contributed by atoms with van der Waals surface area (Å²) in [5, 5.41) is 6.66. The Hall–Kier alpha value is -1.88. The summed E-state index contributed by atoms with van der Waals surface area (Å²) in [5.74, 6) is 2.13. The van der Waals surface area contributed by atoms with E-state index in [4.69, 9.17) is 4.42 Å². The fraction of sp³-hybridized carbons (Fsp3) is 0.583. The molecule has 1 aromatic heterocycles. The molecule has 7 nitrogen and oxygen atoms in total. The zero-order chi connectivity index (χ0) is 23.0. The number of oxazole rings is 1. The van der Waals surface area contributed by atoms with Gasteiger partial charge in [0.15, 0.2) is 5.96 Å². The van der Waals surface area contributed by atoms with Crippen LogP contribution in [-0.4, -0.2) is 61.7 Å². The van der Waals surface area contributed by atoms with Gasteiger partial charge in [0, 0.05) is 44.7 Å². The van der Waals surface area contributed by atoms with Gasteiger partial charge in [0.1, 0.15) is 18.1 Å². The lowest BCUT2D eigenvalue weighted by molar-refractivity contribution is 0.254. The van der Waals surface area contributed by atoms with Crippen molar-refractivity contribution in [2.45, 2.75) is 46.1 Å². The van der Waals surface area contributed by atoms with E-state index < -0.39 is 0 Å². The van der Waals surface area contributed by atoms with E-state index in [0.29, 0.717) is 18.1 Å². The molecule has 2 heterocycles. The standard InChI is InChI=1S/C24H37FN6O.HI/c1-5-26-23(29-18-22-28-17-21(32-22)24(2,3)4)27-11-8-12-30-13-15-31(16-14-30)20-10-7-6-9-19(20)25;/h6-7,9-10,17H,5,8,11-16,18H2,1-4H3,(H2,26,27,29);1H. The van der Waals surface area contributed by atoms with E-state index in [9.17, 15) is 4.39 Å². The molecule has 2 aromatic rings. The van der Waals surface area contributed by atoms with Gasteiger partial charge in [-0.05, 0) is 32.0 Å². The van der Waals surface area contributed by atoms with Gasteiger partial charge in [0.25, 0.3) is 0 Å². The summed E-state index contributed by atoms with van der Waals surface area (Å²) >= 11 is 0. The molecule has 0 unspecified atom stereocenters. The Bertz CT molecular complexity index is 874. The Morgan fingerprint density at radius 2 is 1.88 bits per heavy atom. The maximum atomic E-state index is 14.0. The first-order chi connectivity index (χ1) is 15.4. The lowest BCUT2D eigenvalue weighted by Gasteiger charge is -2.36.